The van der Waals surface area contributed by atoms with Crippen molar-refractivity contribution < 1.29 is 0 Å². The Morgan fingerprint density at radius 3 is 2.77 bits per heavy atom. The average Bonchev–Trinajstić information content (AvgIpc) is 3.04. The van der Waals surface area contributed by atoms with Gasteiger partial charge in [-0.2, -0.15) is 0 Å². The van der Waals surface area contributed by atoms with E-state index in [4.69, 9.17) is 10.7 Å². The molecule has 3 nitrogen and oxygen atoms in total. The minimum atomic E-state index is 0. The van der Waals surface area contributed by atoms with Gasteiger partial charge in [0.05, 0.1) is 0 Å². The highest BCUT2D eigenvalue weighted by Crippen LogP contribution is 2.61. The summed E-state index contributed by atoms with van der Waals surface area (Å²) in [6, 6.07) is 8.92. The molecular weight excluding hydrogens is 385 g/mol. The minimum Gasteiger partial charge on any atom is -0.370 e. The average molecular weight is 411 g/mol. The predicted molar refractivity (Wildman–Crippen MR) is 102 cm³/mol. The first kappa shape index (κ1) is 16.1. The van der Waals surface area contributed by atoms with Crippen molar-refractivity contribution in [1.29, 1.82) is 0 Å². The maximum atomic E-state index is 6.19. The highest BCUT2D eigenvalue weighted by atomic mass is 127. The molecule has 1 aliphatic heterocycles. The van der Waals surface area contributed by atoms with Gasteiger partial charge in [0.1, 0.15) is 0 Å². The summed E-state index contributed by atoms with van der Waals surface area (Å²) in [6.45, 7) is 5.41. The van der Waals surface area contributed by atoms with Crippen molar-refractivity contribution in [3.8, 4) is 0 Å². The second kappa shape index (κ2) is 6.38. The van der Waals surface area contributed by atoms with Crippen LogP contribution >= 0.6 is 24.0 Å². The molecule has 1 saturated carbocycles. The van der Waals surface area contributed by atoms with Gasteiger partial charge in [-0.15, -0.1) is 24.0 Å². The summed E-state index contributed by atoms with van der Waals surface area (Å²) in [6.07, 6.45) is 3.75. The smallest absolute Gasteiger partial charge is 0.191 e. The fraction of sp³-hybridized carbons (Fsp3) is 0.611. The molecule has 0 bridgehead atoms. The zero-order chi connectivity index (χ0) is 14.4. The summed E-state index contributed by atoms with van der Waals surface area (Å²) in [5.41, 5.74) is 9.33. The van der Waals surface area contributed by atoms with Crippen molar-refractivity contribution >= 4 is 29.9 Å². The van der Waals surface area contributed by atoms with Gasteiger partial charge in [-0.3, -0.25) is 4.99 Å². The molecule has 3 unspecified atom stereocenters. The number of benzene rings is 1. The van der Waals surface area contributed by atoms with Crippen molar-refractivity contribution in [1.82, 2.24) is 4.90 Å². The number of nitrogens with two attached hydrogens (primary N) is 1. The fourth-order valence-corrected chi connectivity index (χ4v) is 4.27. The number of hydrogen-bond donors (Lipinski definition) is 1. The van der Waals surface area contributed by atoms with Gasteiger partial charge in [0.15, 0.2) is 5.96 Å². The van der Waals surface area contributed by atoms with Gasteiger partial charge < -0.3 is 10.6 Å². The topological polar surface area (TPSA) is 41.6 Å². The first-order valence-electron chi connectivity index (χ1n) is 8.36. The number of aliphatic imine (C=N–C) groups is 1. The van der Waals surface area contributed by atoms with Crippen LogP contribution in [0.1, 0.15) is 36.8 Å². The van der Waals surface area contributed by atoms with Gasteiger partial charge >= 0.3 is 0 Å². The normalized spacial score (nSPS) is 30.5. The van der Waals surface area contributed by atoms with Gasteiger partial charge in [0.25, 0.3) is 0 Å². The van der Waals surface area contributed by atoms with Crippen molar-refractivity contribution in [2.24, 2.45) is 28.5 Å². The number of nitrogens with zero attached hydrogens (tertiary/aromatic N) is 2. The monoisotopic (exact) mass is 411 g/mol. The number of rotatable bonds is 2. The number of likely N-dealkylation sites (tertiary alicyclic amines) is 1. The molecule has 22 heavy (non-hydrogen) atoms. The molecule has 3 aliphatic rings. The van der Waals surface area contributed by atoms with Crippen LogP contribution in [0.4, 0.5) is 0 Å². The molecule has 0 spiro atoms. The highest BCUT2D eigenvalue weighted by Gasteiger charge is 2.54. The van der Waals surface area contributed by atoms with Crippen LogP contribution < -0.4 is 5.73 Å². The highest BCUT2D eigenvalue weighted by molar-refractivity contribution is 14.0. The lowest BCUT2D eigenvalue weighted by atomic mass is 10.00. The molecule has 1 saturated heterocycles. The molecule has 1 aromatic carbocycles. The van der Waals surface area contributed by atoms with Crippen LogP contribution in [0.2, 0.25) is 0 Å². The molecule has 4 heteroatoms. The van der Waals surface area contributed by atoms with Crippen LogP contribution in [-0.4, -0.2) is 30.5 Å². The van der Waals surface area contributed by atoms with Gasteiger partial charge in [0, 0.05) is 19.6 Å². The Morgan fingerprint density at radius 2 is 2.00 bits per heavy atom. The Balaban J connectivity index is 0.00000144. The Labute approximate surface area is 150 Å². The second-order valence-corrected chi connectivity index (χ2v) is 7.12. The summed E-state index contributed by atoms with van der Waals surface area (Å²) in [5, 5.41) is 0. The maximum Gasteiger partial charge on any atom is 0.191 e. The molecule has 0 aromatic heterocycles. The lowest BCUT2D eigenvalue weighted by Gasteiger charge is -2.31. The van der Waals surface area contributed by atoms with E-state index in [1.54, 1.807) is 11.1 Å². The van der Waals surface area contributed by atoms with Gasteiger partial charge in [0.2, 0.25) is 0 Å². The van der Waals surface area contributed by atoms with E-state index in [9.17, 15) is 0 Å². The Bertz CT molecular complexity index is 563. The third-order valence-corrected chi connectivity index (χ3v) is 5.77. The third kappa shape index (κ3) is 2.86. The van der Waals surface area contributed by atoms with E-state index in [1.165, 1.54) is 19.3 Å². The second-order valence-electron chi connectivity index (χ2n) is 7.12. The number of guanidine groups is 1. The van der Waals surface area contributed by atoms with Crippen LogP contribution in [-0.2, 0) is 6.42 Å². The molecule has 0 amide bonds. The van der Waals surface area contributed by atoms with E-state index >= 15 is 0 Å². The van der Waals surface area contributed by atoms with Crippen LogP contribution in [0.15, 0.2) is 29.3 Å². The van der Waals surface area contributed by atoms with Crippen LogP contribution in [0.25, 0.3) is 0 Å². The largest absolute Gasteiger partial charge is 0.370 e. The van der Waals surface area contributed by atoms with Crippen LogP contribution in [0.3, 0.4) is 0 Å². The molecular formula is C18H26IN3. The lowest BCUT2D eigenvalue weighted by Crippen LogP contribution is -2.42. The van der Waals surface area contributed by atoms with Crippen LogP contribution in [0.5, 0.6) is 0 Å². The van der Waals surface area contributed by atoms with E-state index in [0.717, 1.165) is 49.3 Å². The van der Waals surface area contributed by atoms with Crippen molar-refractivity contribution in [3.63, 3.8) is 0 Å². The standard InChI is InChI=1S/C18H25N3.HI/c1-12-6-8-21(9-7-12)18(19)20-11-16-15-10-13-4-2-3-5-14(13)17(15)16;/h2-5,12,15-17H,6-11H2,1H3,(H2,19,20);1H. The van der Waals surface area contributed by atoms with Crippen molar-refractivity contribution in [3.05, 3.63) is 35.4 Å². The summed E-state index contributed by atoms with van der Waals surface area (Å²) in [4.78, 5) is 6.98. The van der Waals surface area contributed by atoms with Gasteiger partial charge in [-0.1, -0.05) is 31.2 Å². The summed E-state index contributed by atoms with van der Waals surface area (Å²) in [5.74, 6) is 3.95. The molecule has 2 fully saturated rings. The Hall–Kier alpha value is -0.780. The zero-order valence-corrected chi connectivity index (χ0v) is 15.6. The third-order valence-electron chi connectivity index (χ3n) is 5.77. The first-order chi connectivity index (χ1) is 10.2. The molecule has 2 aliphatic carbocycles. The molecule has 1 heterocycles. The molecule has 3 atom stereocenters. The molecule has 2 N–H and O–H groups in total. The van der Waals surface area contributed by atoms with E-state index < -0.39 is 0 Å². The van der Waals surface area contributed by atoms with E-state index in [-0.39, 0.29) is 24.0 Å². The fourth-order valence-electron chi connectivity index (χ4n) is 4.27. The Kier molecular flexibility index (Phi) is 4.67. The van der Waals surface area contributed by atoms with Crippen LogP contribution in [0, 0.1) is 17.8 Å². The van der Waals surface area contributed by atoms with E-state index in [0.29, 0.717) is 0 Å². The van der Waals surface area contributed by atoms with Gasteiger partial charge in [-0.25, -0.2) is 0 Å². The molecule has 0 radical (unpaired) electrons. The zero-order valence-electron chi connectivity index (χ0n) is 13.2. The van der Waals surface area contributed by atoms with Crippen molar-refractivity contribution in [2.45, 2.75) is 32.1 Å². The molecule has 120 valence electrons. The minimum absolute atomic E-state index is 0. The Morgan fingerprint density at radius 1 is 1.27 bits per heavy atom. The molecule has 4 rings (SSSR count). The maximum absolute atomic E-state index is 6.19. The summed E-state index contributed by atoms with van der Waals surface area (Å²) < 4.78 is 0. The van der Waals surface area contributed by atoms with Gasteiger partial charge in [-0.05, 0) is 54.1 Å². The predicted octanol–water partition coefficient (Wildman–Crippen LogP) is 3.24. The van der Waals surface area contributed by atoms with Crippen molar-refractivity contribution in [2.75, 3.05) is 19.6 Å². The summed E-state index contributed by atoms with van der Waals surface area (Å²) in [7, 11) is 0. The summed E-state index contributed by atoms with van der Waals surface area (Å²) >= 11 is 0. The first-order valence-corrected chi connectivity index (χ1v) is 8.36. The molecule has 1 aromatic rings. The SMILES string of the molecule is CC1CCN(C(N)=NCC2C3Cc4ccccc4C23)CC1.I. The lowest BCUT2D eigenvalue weighted by molar-refractivity contribution is 0.277. The van der Waals surface area contributed by atoms with E-state index in [1.807, 2.05) is 0 Å². The number of fused-ring (bicyclic) bond motifs is 3. The van der Waals surface area contributed by atoms with E-state index in [2.05, 4.69) is 36.1 Å². The number of piperidine rings is 1. The quantitative estimate of drug-likeness (QED) is 0.461. The number of halogens is 1. The number of hydrogen-bond acceptors (Lipinski definition) is 1.